The molecule has 0 saturated carbocycles. The largest absolute Gasteiger partial charge is 0.492 e. The molecule has 1 saturated heterocycles. The molecule has 0 aromatic carbocycles. The molecule has 0 bridgehead atoms. The lowest BCUT2D eigenvalue weighted by Gasteiger charge is -2.16. The highest BCUT2D eigenvalue weighted by Gasteiger charge is 2.11. The van der Waals surface area contributed by atoms with Gasteiger partial charge in [-0.15, -0.1) is 0 Å². The van der Waals surface area contributed by atoms with E-state index in [1.165, 1.54) is 25.9 Å². The third-order valence-corrected chi connectivity index (χ3v) is 3.29. The smallest absolute Gasteiger partial charge is 0.126 e. The Hall–Kier alpha value is -1.13. The Bertz CT molecular complexity index is 351. The predicted octanol–water partition coefficient (Wildman–Crippen LogP) is 1.67. The molecule has 1 N–H and O–H groups in total. The number of nitrogens with one attached hydrogen (secondary N) is 1. The fourth-order valence-corrected chi connectivity index (χ4v) is 2.24. The van der Waals surface area contributed by atoms with Gasteiger partial charge in [-0.1, -0.05) is 6.92 Å². The molecule has 1 aliphatic rings. The topological polar surface area (TPSA) is 37.4 Å². The van der Waals surface area contributed by atoms with E-state index in [2.05, 4.69) is 22.1 Å². The molecule has 2 heterocycles. The number of hydrogen-bond acceptors (Lipinski definition) is 4. The number of rotatable bonds is 7. The van der Waals surface area contributed by atoms with Crippen LogP contribution in [0.4, 0.5) is 0 Å². The molecule has 18 heavy (non-hydrogen) atoms. The number of ether oxygens (including phenoxy) is 1. The minimum atomic E-state index is 0.767. The van der Waals surface area contributed by atoms with Gasteiger partial charge in [0.1, 0.15) is 12.4 Å². The maximum atomic E-state index is 5.87. The van der Waals surface area contributed by atoms with Crippen LogP contribution in [-0.2, 0) is 6.54 Å². The van der Waals surface area contributed by atoms with Crippen LogP contribution >= 0.6 is 0 Å². The van der Waals surface area contributed by atoms with Crippen LogP contribution in [0.25, 0.3) is 0 Å². The number of aromatic nitrogens is 1. The van der Waals surface area contributed by atoms with Crippen LogP contribution in [0.15, 0.2) is 18.5 Å². The van der Waals surface area contributed by atoms with Crippen LogP contribution < -0.4 is 10.1 Å². The van der Waals surface area contributed by atoms with Gasteiger partial charge in [-0.05, 0) is 38.5 Å². The summed E-state index contributed by atoms with van der Waals surface area (Å²) in [5, 5.41) is 3.31. The molecule has 100 valence electrons. The van der Waals surface area contributed by atoms with Gasteiger partial charge in [0.15, 0.2) is 0 Å². The summed E-state index contributed by atoms with van der Waals surface area (Å²) in [4.78, 5) is 6.62. The molecule has 0 spiro atoms. The minimum absolute atomic E-state index is 0.767. The molecule has 2 rings (SSSR count). The molecule has 1 aliphatic heterocycles. The number of hydrogen-bond donors (Lipinski definition) is 1. The fraction of sp³-hybridized carbons (Fsp3) is 0.643. The van der Waals surface area contributed by atoms with Crippen LogP contribution in [0.1, 0.15) is 25.3 Å². The van der Waals surface area contributed by atoms with Gasteiger partial charge >= 0.3 is 0 Å². The molecular weight excluding hydrogens is 226 g/mol. The Morgan fingerprint density at radius 1 is 1.39 bits per heavy atom. The molecule has 0 atom stereocenters. The van der Waals surface area contributed by atoms with Gasteiger partial charge in [-0.25, -0.2) is 0 Å². The maximum absolute atomic E-state index is 5.87. The van der Waals surface area contributed by atoms with Gasteiger partial charge in [0.2, 0.25) is 0 Å². The zero-order valence-corrected chi connectivity index (χ0v) is 11.2. The third-order valence-electron chi connectivity index (χ3n) is 3.29. The average molecular weight is 249 g/mol. The van der Waals surface area contributed by atoms with Crippen LogP contribution in [-0.4, -0.2) is 42.7 Å². The van der Waals surface area contributed by atoms with Gasteiger partial charge in [-0.2, -0.15) is 0 Å². The second kappa shape index (κ2) is 7.34. The Morgan fingerprint density at radius 3 is 3.00 bits per heavy atom. The monoisotopic (exact) mass is 249 g/mol. The predicted molar refractivity (Wildman–Crippen MR) is 72.8 cm³/mol. The first kappa shape index (κ1) is 13.3. The second-order valence-electron chi connectivity index (χ2n) is 4.66. The van der Waals surface area contributed by atoms with E-state index in [-0.39, 0.29) is 0 Å². The Labute approximate surface area is 109 Å². The zero-order chi connectivity index (χ0) is 12.6. The number of pyridine rings is 1. The summed E-state index contributed by atoms with van der Waals surface area (Å²) >= 11 is 0. The lowest BCUT2D eigenvalue weighted by Crippen LogP contribution is -2.25. The lowest BCUT2D eigenvalue weighted by atomic mass is 10.2. The summed E-state index contributed by atoms with van der Waals surface area (Å²) in [5.41, 5.74) is 1.14. The fourth-order valence-electron chi connectivity index (χ4n) is 2.24. The van der Waals surface area contributed by atoms with Crippen molar-refractivity contribution in [1.82, 2.24) is 15.2 Å². The number of likely N-dealkylation sites (tertiary alicyclic amines) is 1. The van der Waals surface area contributed by atoms with Crippen molar-refractivity contribution in [3.05, 3.63) is 24.0 Å². The van der Waals surface area contributed by atoms with Crippen molar-refractivity contribution < 1.29 is 4.74 Å². The lowest BCUT2D eigenvalue weighted by molar-refractivity contribution is 0.236. The van der Waals surface area contributed by atoms with Gasteiger partial charge < -0.3 is 10.1 Å². The Balaban J connectivity index is 1.79. The molecular formula is C14H23N3O. The molecule has 0 unspecified atom stereocenters. The van der Waals surface area contributed by atoms with Crippen molar-refractivity contribution in [3.8, 4) is 5.75 Å². The highest BCUT2D eigenvalue weighted by Crippen LogP contribution is 2.16. The molecule has 0 aliphatic carbocycles. The molecule has 0 radical (unpaired) electrons. The van der Waals surface area contributed by atoms with Crippen molar-refractivity contribution in [3.63, 3.8) is 0 Å². The van der Waals surface area contributed by atoms with E-state index in [1.54, 1.807) is 6.20 Å². The summed E-state index contributed by atoms with van der Waals surface area (Å²) < 4.78 is 5.87. The highest BCUT2D eigenvalue weighted by molar-refractivity contribution is 5.29. The third kappa shape index (κ3) is 3.96. The average Bonchev–Trinajstić information content (AvgIpc) is 2.91. The first-order chi connectivity index (χ1) is 8.90. The number of nitrogens with zero attached hydrogens (tertiary/aromatic N) is 2. The summed E-state index contributed by atoms with van der Waals surface area (Å²) in [5.74, 6) is 0.963. The van der Waals surface area contributed by atoms with Crippen LogP contribution in [0.3, 0.4) is 0 Å². The Morgan fingerprint density at radius 2 is 2.22 bits per heavy atom. The quantitative estimate of drug-likeness (QED) is 0.797. The van der Waals surface area contributed by atoms with Crippen LogP contribution in [0.5, 0.6) is 5.75 Å². The first-order valence-corrected chi connectivity index (χ1v) is 6.89. The van der Waals surface area contributed by atoms with Crippen LogP contribution in [0, 0.1) is 0 Å². The van der Waals surface area contributed by atoms with Gasteiger partial charge in [0, 0.05) is 31.0 Å². The van der Waals surface area contributed by atoms with Crippen molar-refractivity contribution in [2.24, 2.45) is 0 Å². The van der Waals surface area contributed by atoms with E-state index in [1.807, 2.05) is 12.3 Å². The van der Waals surface area contributed by atoms with Crippen LogP contribution in [0.2, 0.25) is 0 Å². The molecule has 0 amide bonds. The Kier molecular flexibility index (Phi) is 5.42. The van der Waals surface area contributed by atoms with Crippen molar-refractivity contribution in [1.29, 1.82) is 0 Å². The van der Waals surface area contributed by atoms with E-state index in [0.717, 1.165) is 37.6 Å². The summed E-state index contributed by atoms with van der Waals surface area (Å²) in [6.07, 6.45) is 6.34. The van der Waals surface area contributed by atoms with Gasteiger partial charge in [0.05, 0.1) is 0 Å². The zero-order valence-electron chi connectivity index (χ0n) is 11.2. The maximum Gasteiger partial charge on any atom is 0.126 e. The SMILES string of the molecule is CCNCc1cnccc1OCCN1CCCC1. The minimum Gasteiger partial charge on any atom is -0.492 e. The second-order valence-corrected chi connectivity index (χ2v) is 4.66. The van der Waals surface area contributed by atoms with E-state index in [9.17, 15) is 0 Å². The first-order valence-electron chi connectivity index (χ1n) is 6.89. The summed E-state index contributed by atoms with van der Waals surface area (Å²) in [7, 11) is 0. The highest BCUT2D eigenvalue weighted by atomic mass is 16.5. The van der Waals surface area contributed by atoms with E-state index >= 15 is 0 Å². The van der Waals surface area contributed by atoms with Gasteiger partial charge in [0.25, 0.3) is 0 Å². The summed E-state index contributed by atoms with van der Waals surface area (Å²) in [6.45, 7) is 8.13. The molecule has 1 fully saturated rings. The normalized spacial score (nSPS) is 16.1. The van der Waals surface area contributed by atoms with E-state index in [4.69, 9.17) is 4.74 Å². The van der Waals surface area contributed by atoms with E-state index < -0.39 is 0 Å². The summed E-state index contributed by atoms with van der Waals surface area (Å²) in [6, 6.07) is 1.96. The standard InChI is InChI=1S/C14H23N3O/c1-2-15-11-13-12-16-6-5-14(13)18-10-9-17-7-3-4-8-17/h5-6,12,15H,2-4,7-11H2,1H3. The molecule has 4 heteroatoms. The molecule has 1 aromatic rings. The van der Waals surface area contributed by atoms with E-state index in [0.29, 0.717) is 0 Å². The molecule has 4 nitrogen and oxygen atoms in total. The van der Waals surface area contributed by atoms with Gasteiger partial charge in [-0.3, -0.25) is 9.88 Å². The van der Waals surface area contributed by atoms with Crippen molar-refractivity contribution >= 4 is 0 Å². The molecule has 1 aromatic heterocycles. The van der Waals surface area contributed by atoms with Crippen molar-refractivity contribution in [2.45, 2.75) is 26.3 Å². The van der Waals surface area contributed by atoms with Crippen molar-refractivity contribution in [2.75, 3.05) is 32.8 Å².